The second-order valence-electron chi connectivity index (χ2n) is 5.23. The Bertz CT molecular complexity index is 696. The summed E-state index contributed by atoms with van der Waals surface area (Å²) in [5.41, 5.74) is 1.69. The average Bonchev–Trinajstić information content (AvgIpc) is 2.97. The molecule has 1 atom stereocenters. The minimum absolute atomic E-state index is 0.0514. The number of carbonyl (C=O) groups excluding carboxylic acids is 1. The Labute approximate surface area is 139 Å². The van der Waals surface area contributed by atoms with Crippen molar-refractivity contribution in [2.75, 3.05) is 19.0 Å². The van der Waals surface area contributed by atoms with E-state index in [0.29, 0.717) is 23.0 Å². The van der Waals surface area contributed by atoms with Crippen molar-refractivity contribution >= 4 is 23.3 Å². The van der Waals surface area contributed by atoms with Crippen molar-refractivity contribution in [2.45, 2.75) is 12.5 Å². The van der Waals surface area contributed by atoms with Crippen LogP contribution in [0.1, 0.15) is 5.56 Å². The van der Waals surface area contributed by atoms with Crippen LogP contribution < -0.4 is 20.1 Å². The first kappa shape index (κ1) is 15.5. The highest BCUT2D eigenvalue weighted by molar-refractivity contribution is 6.33. The number of carbonyl (C=O) groups is 1. The molecule has 5 nitrogen and oxygen atoms in total. The monoisotopic (exact) mass is 332 g/mol. The topological polar surface area (TPSA) is 59.6 Å². The Hall–Kier alpha value is -2.40. The van der Waals surface area contributed by atoms with Gasteiger partial charge in [0, 0.05) is 12.5 Å². The Kier molecular flexibility index (Phi) is 4.57. The lowest BCUT2D eigenvalue weighted by molar-refractivity contribution is 0.219. The predicted molar refractivity (Wildman–Crippen MR) is 89.6 cm³/mol. The second-order valence-corrected chi connectivity index (χ2v) is 5.64. The van der Waals surface area contributed by atoms with Crippen LogP contribution in [0.2, 0.25) is 5.02 Å². The number of fused-ring (bicyclic) bond motifs is 1. The molecule has 0 saturated heterocycles. The van der Waals surface area contributed by atoms with E-state index in [2.05, 4.69) is 10.6 Å². The van der Waals surface area contributed by atoms with Gasteiger partial charge in [-0.3, -0.25) is 0 Å². The second kappa shape index (κ2) is 6.79. The average molecular weight is 333 g/mol. The van der Waals surface area contributed by atoms with Crippen molar-refractivity contribution in [1.82, 2.24) is 5.32 Å². The molecule has 2 N–H and O–H groups in total. The lowest BCUT2D eigenvalue weighted by atomic mass is 10.1. The van der Waals surface area contributed by atoms with Crippen LogP contribution in [0, 0.1) is 0 Å². The molecule has 6 heteroatoms. The maximum atomic E-state index is 12.0. The van der Waals surface area contributed by atoms with Gasteiger partial charge in [0.25, 0.3) is 0 Å². The van der Waals surface area contributed by atoms with E-state index in [1.807, 2.05) is 24.3 Å². The molecule has 0 bridgehead atoms. The smallest absolute Gasteiger partial charge is 0.319 e. The zero-order valence-corrected chi connectivity index (χ0v) is 13.4. The maximum absolute atomic E-state index is 12.0. The zero-order valence-electron chi connectivity index (χ0n) is 12.6. The van der Waals surface area contributed by atoms with Gasteiger partial charge in [-0.25, -0.2) is 4.79 Å². The molecule has 1 unspecified atom stereocenters. The van der Waals surface area contributed by atoms with E-state index in [9.17, 15) is 4.79 Å². The number of ether oxygens (including phenoxy) is 2. The summed E-state index contributed by atoms with van der Waals surface area (Å²) in [6.07, 6.45) is 0.740. The SMILES string of the molecule is COc1ccc(NC(=O)NCC2Cc3ccccc3O2)c(Cl)c1. The Balaban J connectivity index is 1.51. The van der Waals surface area contributed by atoms with Crippen LogP contribution in [0.4, 0.5) is 10.5 Å². The lowest BCUT2D eigenvalue weighted by Gasteiger charge is -2.13. The third-order valence-corrected chi connectivity index (χ3v) is 3.94. The minimum Gasteiger partial charge on any atom is -0.497 e. The minimum atomic E-state index is -0.323. The van der Waals surface area contributed by atoms with Gasteiger partial charge in [0.15, 0.2) is 0 Å². The van der Waals surface area contributed by atoms with Crippen LogP contribution in [-0.2, 0) is 6.42 Å². The molecule has 2 aromatic carbocycles. The van der Waals surface area contributed by atoms with E-state index in [0.717, 1.165) is 17.7 Å². The maximum Gasteiger partial charge on any atom is 0.319 e. The van der Waals surface area contributed by atoms with Crippen LogP contribution in [-0.4, -0.2) is 25.8 Å². The summed E-state index contributed by atoms with van der Waals surface area (Å²) < 4.78 is 10.8. The standard InChI is InChI=1S/C17H17ClN2O3/c1-22-12-6-7-15(14(18)9-12)20-17(21)19-10-13-8-11-4-2-3-5-16(11)23-13/h2-7,9,13H,8,10H2,1H3,(H2,19,20,21). The molecule has 1 heterocycles. The highest BCUT2D eigenvalue weighted by atomic mass is 35.5. The molecule has 1 aliphatic heterocycles. The third kappa shape index (κ3) is 3.68. The number of benzene rings is 2. The van der Waals surface area contributed by atoms with Gasteiger partial charge in [-0.05, 0) is 23.8 Å². The number of methoxy groups -OCH3 is 1. The molecule has 0 aromatic heterocycles. The molecular formula is C17H17ClN2O3. The van der Waals surface area contributed by atoms with Gasteiger partial charge in [0.2, 0.25) is 0 Å². The summed E-state index contributed by atoms with van der Waals surface area (Å²) in [7, 11) is 1.56. The fourth-order valence-corrected chi connectivity index (χ4v) is 2.68. The van der Waals surface area contributed by atoms with Crippen molar-refractivity contribution in [1.29, 1.82) is 0 Å². The van der Waals surface area contributed by atoms with Gasteiger partial charge < -0.3 is 20.1 Å². The number of rotatable bonds is 4. The molecule has 0 radical (unpaired) electrons. The van der Waals surface area contributed by atoms with E-state index in [-0.39, 0.29) is 12.1 Å². The van der Waals surface area contributed by atoms with Crippen molar-refractivity contribution in [3.8, 4) is 11.5 Å². The van der Waals surface area contributed by atoms with Gasteiger partial charge in [-0.1, -0.05) is 29.8 Å². The third-order valence-electron chi connectivity index (χ3n) is 3.63. The molecule has 0 spiro atoms. The van der Waals surface area contributed by atoms with E-state index < -0.39 is 0 Å². The quantitative estimate of drug-likeness (QED) is 0.901. The summed E-state index contributed by atoms with van der Waals surface area (Å²) >= 11 is 6.09. The summed E-state index contributed by atoms with van der Waals surface area (Å²) in [5, 5.41) is 5.93. The van der Waals surface area contributed by atoms with E-state index >= 15 is 0 Å². The van der Waals surface area contributed by atoms with E-state index in [1.165, 1.54) is 0 Å². The van der Waals surface area contributed by atoms with Gasteiger partial charge >= 0.3 is 6.03 Å². The normalized spacial score (nSPS) is 15.5. The Morgan fingerprint density at radius 1 is 1.35 bits per heavy atom. The summed E-state index contributed by atoms with van der Waals surface area (Å²) in [4.78, 5) is 12.0. The summed E-state index contributed by atoms with van der Waals surface area (Å²) in [6.45, 7) is 0.425. The number of hydrogen-bond donors (Lipinski definition) is 2. The molecular weight excluding hydrogens is 316 g/mol. The molecule has 23 heavy (non-hydrogen) atoms. The van der Waals surface area contributed by atoms with Gasteiger partial charge in [-0.2, -0.15) is 0 Å². The Morgan fingerprint density at radius 2 is 2.17 bits per heavy atom. The van der Waals surface area contributed by atoms with Crippen LogP contribution in [0.15, 0.2) is 42.5 Å². The van der Waals surface area contributed by atoms with Crippen molar-refractivity contribution in [2.24, 2.45) is 0 Å². The molecule has 2 aromatic rings. The van der Waals surface area contributed by atoms with Gasteiger partial charge in [0.1, 0.15) is 17.6 Å². The number of halogens is 1. The first-order valence-corrected chi connectivity index (χ1v) is 7.66. The van der Waals surface area contributed by atoms with Crippen molar-refractivity contribution < 1.29 is 14.3 Å². The summed E-state index contributed by atoms with van der Waals surface area (Å²) in [5.74, 6) is 1.52. The number of hydrogen-bond acceptors (Lipinski definition) is 3. The molecule has 0 saturated carbocycles. The Morgan fingerprint density at radius 3 is 2.91 bits per heavy atom. The number of amides is 2. The van der Waals surface area contributed by atoms with Crippen molar-refractivity contribution in [3.05, 3.63) is 53.1 Å². The van der Waals surface area contributed by atoms with Gasteiger partial charge in [0.05, 0.1) is 24.4 Å². The van der Waals surface area contributed by atoms with Gasteiger partial charge in [-0.15, -0.1) is 0 Å². The van der Waals surface area contributed by atoms with E-state index in [4.69, 9.17) is 21.1 Å². The highest BCUT2D eigenvalue weighted by Crippen LogP contribution is 2.28. The fraction of sp³-hybridized carbons (Fsp3) is 0.235. The number of nitrogens with one attached hydrogen (secondary N) is 2. The molecule has 1 aliphatic rings. The molecule has 120 valence electrons. The van der Waals surface area contributed by atoms with Crippen LogP contribution in [0.25, 0.3) is 0 Å². The largest absolute Gasteiger partial charge is 0.497 e. The molecule has 2 amide bonds. The first-order valence-electron chi connectivity index (χ1n) is 7.28. The first-order chi connectivity index (χ1) is 11.2. The number of urea groups is 1. The number of para-hydroxylation sites is 1. The summed E-state index contributed by atoms with van der Waals surface area (Å²) in [6, 6.07) is 12.6. The molecule has 0 fully saturated rings. The van der Waals surface area contributed by atoms with Crippen molar-refractivity contribution in [3.63, 3.8) is 0 Å². The zero-order chi connectivity index (χ0) is 16.2. The van der Waals surface area contributed by atoms with Crippen LogP contribution in [0.3, 0.4) is 0 Å². The molecule has 0 aliphatic carbocycles. The number of anilines is 1. The predicted octanol–water partition coefficient (Wildman–Crippen LogP) is 3.47. The fourth-order valence-electron chi connectivity index (χ4n) is 2.46. The highest BCUT2D eigenvalue weighted by Gasteiger charge is 2.22. The van der Waals surface area contributed by atoms with Crippen LogP contribution >= 0.6 is 11.6 Å². The van der Waals surface area contributed by atoms with E-state index in [1.54, 1.807) is 25.3 Å². The lowest BCUT2D eigenvalue weighted by Crippen LogP contribution is -2.37. The van der Waals surface area contributed by atoms with Crippen LogP contribution in [0.5, 0.6) is 11.5 Å². The molecule has 3 rings (SSSR count).